The van der Waals surface area contributed by atoms with Crippen LogP contribution in [-0.2, 0) is 5.61 Å². The number of unbranched alkanes of at least 4 members (excludes halogenated alkanes) is 9. The van der Waals surface area contributed by atoms with Crippen molar-refractivity contribution in [3.8, 4) is 0 Å². The Morgan fingerprint density at radius 2 is 0.750 bits per heavy atom. The second-order valence-electron chi connectivity index (χ2n) is 9.03. The Morgan fingerprint density at radius 1 is 0.472 bits per heavy atom. The van der Waals surface area contributed by atoms with Crippen molar-refractivity contribution in [1.29, 1.82) is 0 Å². The van der Waals surface area contributed by atoms with Gasteiger partial charge in [-0.15, -0.1) is 0 Å². The predicted octanol–water partition coefficient (Wildman–Crippen LogP) is 11.3. The number of hydrogen-bond donors (Lipinski definition) is 0. The van der Waals surface area contributed by atoms with Crippen LogP contribution in [-0.4, -0.2) is 6.16 Å². The van der Waals surface area contributed by atoms with Crippen LogP contribution >= 0.6 is 63.7 Å². The molecule has 0 N–H and O–H groups in total. The van der Waals surface area contributed by atoms with E-state index in [1.807, 2.05) is 0 Å². The molecule has 0 unspecified atom stereocenters. The van der Waals surface area contributed by atoms with E-state index < -0.39 is 12.9 Å². The predicted molar refractivity (Wildman–Crippen MR) is 178 cm³/mol. The topological polar surface area (TPSA) is 0 Å². The molecule has 0 radical (unpaired) electrons. The standard InChI is InChI=1S/C30H40P.4BrH.Fe/c1-2-3-4-5-6-7-8-9-10-20-27-31(28-21-14-11-15-22-28,29-23-16-12-17-24-29)30-25-18-13-19-26-30;;;;;/h11-19,21-26H,2-10,20,27H2,1H3;4*1H;/q+1;;;;;+3/p-4. The average molecular weight is 807 g/mol. The van der Waals surface area contributed by atoms with Gasteiger partial charge >= 0.3 is 62.1 Å². The van der Waals surface area contributed by atoms with Gasteiger partial charge in [-0.25, -0.2) is 0 Å². The van der Waals surface area contributed by atoms with Crippen LogP contribution in [0.4, 0.5) is 0 Å². The first-order valence-electron chi connectivity index (χ1n) is 13.0. The SMILES string of the molecule is CCCCCCCCCCCC[P+](c1ccccc1)(c1ccccc1)c1ccccc1.[Br][Fe-]([Br])([Br])[Br]. The summed E-state index contributed by atoms with van der Waals surface area (Å²) in [6.45, 7) is 2.29. The molecule has 0 spiro atoms. The van der Waals surface area contributed by atoms with Crippen LogP contribution in [0.15, 0.2) is 91.0 Å². The van der Waals surface area contributed by atoms with Crippen molar-refractivity contribution >= 4 is 79.6 Å². The first kappa shape index (κ1) is 32.7. The molecule has 3 aromatic rings. The third kappa shape index (κ3) is 12.6. The molecular weight excluding hydrogens is 767 g/mol. The van der Waals surface area contributed by atoms with Gasteiger partial charge in [-0.1, -0.05) is 113 Å². The summed E-state index contributed by atoms with van der Waals surface area (Å²) in [6.07, 6.45) is 15.2. The van der Waals surface area contributed by atoms with E-state index in [0.29, 0.717) is 0 Å². The van der Waals surface area contributed by atoms with E-state index in [9.17, 15) is 0 Å². The van der Waals surface area contributed by atoms with Gasteiger partial charge in [0.15, 0.2) is 0 Å². The summed E-state index contributed by atoms with van der Waals surface area (Å²) in [4.78, 5) is 0. The molecule has 0 bridgehead atoms. The fourth-order valence-corrected chi connectivity index (χ4v) is 9.13. The monoisotopic (exact) mass is 803 g/mol. The van der Waals surface area contributed by atoms with Gasteiger partial charge in [0, 0.05) is 0 Å². The molecular formula is C30H40Br4FeP. The average Bonchev–Trinajstić information content (AvgIpc) is 2.88. The summed E-state index contributed by atoms with van der Waals surface area (Å²) in [6, 6.07) is 33.9. The normalized spacial score (nSPS) is 12.0. The van der Waals surface area contributed by atoms with Crippen LogP contribution in [0.3, 0.4) is 0 Å². The molecule has 0 aliphatic heterocycles. The van der Waals surface area contributed by atoms with Crippen molar-refractivity contribution < 1.29 is 5.61 Å². The maximum absolute atomic E-state index is 3.25. The number of rotatable bonds is 14. The molecule has 0 aromatic heterocycles. The van der Waals surface area contributed by atoms with Crippen molar-refractivity contribution in [2.75, 3.05) is 6.16 Å². The van der Waals surface area contributed by atoms with Crippen LogP contribution in [0.2, 0.25) is 0 Å². The Morgan fingerprint density at radius 3 is 1.06 bits per heavy atom. The van der Waals surface area contributed by atoms with Gasteiger partial charge in [0.1, 0.15) is 23.2 Å². The summed E-state index contributed by atoms with van der Waals surface area (Å²) >= 11 is 13.0. The molecule has 3 aromatic carbocycles. The molecule has 0 heterocycles. The molecule has 0 saturated heterocycles. The molecule has 0 fully saturated rings. The van der Waals surface area contributed by atoms with Gasteiger partial charge in [-0.05, 0) is 49.2 Å². The second-order valence-corrected chi connectivity index (χ2v) is 46.1. The summed E-state index contributed by atoms with van der Waals surface area (Å²) in [7, 11) is -1.63. The van der Waals surface area contributed by atoms with Crippen molar-refractivity contribution in [3.05, 3.63) is 91.0 Å². The Bertz CT molecular complexity index is 831. The maximum atomic E-state index is 3.25. The zero-order chi connectivity index (χ0) is 26.1. The van der Waals surface area contributed by atoms with Gasteiger partial charge in [0.2, 0.25) is 0 Å². The molecule has 0 atom stereocenters. The van der Waals surface area contributed by atoms with Crippen molar-refractivity contribution in [2.24, 2.45) is 0 Å². The fourth-order valence-electron chi connectivity index (χ4n) is 4.72. The Kier molecular flexibility index (Phi) is 17.1. The Balaban J connectivity index is 0.000000830. The van der Waals surface area contributed by atoms with Gasteiger partial charge in [0.05, 0.1) is 6.16 Å². The molecule has 36 heavy (non-hydrogen) atoms. The third-order valence-corrected chi connectivity index (χ3v) is 11.0. The summed E-state index contributed by atoms with van der Waals surface area (Å²) < 4.78 is 0. The fraction of sp³-hybridized carbons (Fsp3) is 0.400. The van der Waals surface area contributed by atoms with E-state index >= 15 is 0 Å². The Hall–Kier alpha value is 0.529. The zero-order valence-corrected chi connectivity index (χ0v) is 29.6. The molecule has 0 saturated carbocycles. The van der Waals surface area contributed by atoms with E-state index in [1.165, 1.54) is 86.3 Å². The molecule has 6 heteroatoms. The molecule has 0 amide bonds. The minimum atomic E-state index is -1.63. The molecule has 3 rings (SSSR count). The summed E-state index contributed by atoms with van der Waals surface area (Å²) in [5.41, 5.74) is -1.25. The van der Waals surface area contributed by atoms with Gasteiger partial charge in [-0.3, -0.25) is 0 Å². The van der Waals surface area contributed by atoms with Crippen molar-refractivity contribution in [3.63, 3.8) is 0 Å². The third-order valence-electron chi connectivity index (χ3n) is 6.44. The number of hydrogen-bond acceptors (Lipinski definition) is 0. The van der Waals surface area contributed by atoms with Gasteiger partial charge < -0.3 is 0 Å². The van der Waals surface area contributed by atoms with Crippen LogP contribution < -0.4 is 15.9 Å². The Labute approximate surface area is 251 Å². The van der Waals surface area contributed by atoms with E-state index in [4.69, 9.17) is 0 Å². The molecule has 0 aliphatic rings. The molecule has 0 nitrogen and oxygen atoms in total. The number of halogens is 4. The van der Waals surface area contributed by atoms with Gasteiger partial charge in [-0.2, -0.15) is 0 Å². The summed E-state index contributed by atoms with van der Waals surface area (Å²) in [5.74, 6) is 0. The van der Waals surface area contributed by atoms with E-state index in [2.05, 4.69) is 154 Å². The van der Waals surface area contributed by atoms with Crippen molar-refractivity contribution in [1.82, 2.24) is 0 Å². The summed E-state index contributed by atoms with van der Waals surface area (Å²) in [5, 5.41) is 4.55. The molecule has 0 aliphatic carbocycles. The first-order valence-corrected chi connectivity index (χ1v) is 25.9. The van der Waals surface area contributed by atoms with Crippen LogP contribution in [0.5, 0.6) is 0 Å². The van der Waals surface area contributed by atoms with Gasteiger partial charge in [0.25, 0.3) is 0 Å². The van der Waals surface area contributed by atoms with Crippen LogP contribution in [0.1, 0.15) is 71.1 Å². The van der Waals surface area contributed by atoms with Crippen molar-refractivity contribution in [2.45, 2.75) is 71.1 Å². The number of benzene rings is 3. The van der Waals surface area contributed by atoms with Crippen LogP contribution in [0.25, 0.3) is 0 Å². The molecule has 201 valence electrons. The van der Waals surface area contributed by atoms with E-state index in [-0.39, 0.29) is 0 Å². The minimum absolute atomic E-state index is 1.25. The zero-order valence-electron chi connectivity index (χ0n) is 21.3. The van der Waals surface area contributed by atoms with E-state index in [1.54, 1.807) is 0 Å². The van der Waals surface area contributed by atoms with Crippen LogP contribution in [0, 0.1) is 0 Å². The second kappa shape index (κ2) is 18.8. The first-order chi connectivity index (χ1) is 17.4. The van der Waals surface area contributed by atoms with E-state index in [0.717, 1.165) is 0 Å². The quantitative estimate of drug-likeness (QED) is 0.0865.